The van der Waals surface area contributed by atoms with Crippen molar-refractivity contribution in [2.45, 2.75) is 76.0 Å². The van der Waals surface area contributed by atoms with Crippen molar-refractivity contribution in [2.24, 2.45) is 0 Å². The van der Waals surface area contributed by atoms with E-state index >= 15 is 0 Å². The maximum atomic E-state index is 11.8. The summed E-state index contributed by atoms with van der Waals surface area (Å²) in [5.74, 6) is -2.08. The minimum atomic E-state index is -2.24. The van der Waals surface area contributed by atoms with Crippen LogP contribution in [0.15, 0.2) is 45.7 Å². The highest BCUT2D eigenvalue weighted by Gasteiger charge is 2.77. The summed E-state index contributed by atoms with van der Waals surface area (Å²) in [6, 6.07) is 1.27. The zero-order valence-corrected chi connectivity index (χ0v) is 20.6. The van der Waals surface area contributed by atoms with Gasteiger partial charge in [-0.05, 0) is 33.8 Å². The quantitative estimate of drug-likeness (QED) is 0.377. The third-order valence-electron chi connectivity index (χ3n) is 6.56. The topological polar surface area (TPSA) is 145 Å². The lowest BCUT2D eigenvalue weighted by Crippen LogP contribution is -2.68. The zero-order valence-electron chi connectivity index (χ0n) is 20.6. The summed E-state index contributed by atoms with van der Waals surface area (Å²) in [5, 5.41) is 32.2. The minimum absolute atomic E-state index is 0.356. The molecule has 2 saturated heterocycles. The van der Waals surface area contributed by atoms with E-state index in [1.54, 1.807) is 43.4 Å². The SMILES string of the molecule is COc1cc(=O)oc(C=CC=CC=CC2OC3(C)C(O)C(C)(OC3(O)C(C)O)C2OC(C)=O)c1C. The summed E-state index contributed by atoms with van der Waals surface area (Å²) < 4.78 is 27.5. The number of fused-ring (bicyclic) bond motifs is 2. The van der Waals surface area contributed by atoms with Crippen LogP contribution in [-0.2, 0) is 19.0 Å². The minimum Gasteiger partial charge on any atom is -0.496 e. The van der Waals surface area contributed by atoms with Gasteiger partial charge in [0.2, 0.25) is 5.79 Å². The number of carbonyl (C=O) groups is 1. The van der Waals surface area contributed by atoms with Gasteiger partial charge >= 0.3 is 11.6 Å². The number of esters is 1. The molecule has 2 fully saturated rings. The highest BCUT2D eigenvalue weighted by Crippen LogP contribution is 2.55. The zero-order chi connectivity index (χ0) is 26.2. The number of carbonyl (C=O) groups excluding carboxylic acids is 1. The molecule has 10 nitrogen and oxygen atoms in total. The molecule has 10 heteroatoms. The van der Waals surface area contributed by atoms with Gasteiger partial charge in [-0.15, -0.1) is 0 Å². The molecule has 3 rings (SSSR count). The molecule has 0 aliphatic carbocycles. The van der Waals surface area contributed by atoms with Crippen LogP contribution in [0.1, 0.15) is 39.0 Å². The number of aliphatic hydroxyl groups excluding tert-OH is 2. The lowest BCUT2D eigenvalue weighted by molar-refractivity contribution is -0.309. The maximum absolute atomic E-state index is 11.8. The smallest absolute Gasteiger partial charge is 0.339 e. The molecule has 2 bridgehead atoms. The molecule has 0 spiro atoms. The van der Waals surface area contributed by atoms with E-state index in [4.69, 9.17) is 23.4 Å². The monoisotopic (exact) mass is 492 g/mol. The highest BCUT2D eigenvalue weighted by atomic mass is 16.7. The second kappa shape index (κ2) is 9.71. The summed E-state index contributed by atoms with van der Waals surface area (Å²) in [6.07, 6.45) is 5.01. The Hall–Kier alpha value is -2.76. The molecule has 2 aliphatic heterocycles. The number of hydrogen-bond acceptors (Lipinski definition) is 10. The van der Waals surface area contributed by atoms with Crippen molar-refractivity contribution in [3.8, 4) is 5.75 Å². The fraction of sp³-hybridized carbons (Fsp3) is 0.520. The van der Waals surface area contributed by atoms with Crippen molar-refractivity contribution < 1.29 is 43.5 Å². The van der Waals surface area contributed by atoms with Crippen LogP contribution in [0, 0.1) is 6.92 Å². The van der Waals surface area contributed by atoms with Gasteiger partial charge in [0.05, 0.1) is 13.2 Å². The number of allylic oxidation sites excluding steroid dienone is 4. The van der Waals surface area contributed by atoms with Crippen LogP contribution < -0.4 is 10.4 Å². The first kappa shape index (κ1) is 26.8. The highest BCUT2D eigenvalue weighted by molar-refractivity contribution is 5.66. The van der Waals surface area contributed by atoms with Gasteiger partial charge in [-0.2, -0.15) is 0 Å². The third-order valence-corrected chi connectivity index (χ3v) is 6.56. The molecule has 7 atom stereocenters. The Kier molecular flexibility index (Phi) is 7.45. The van der Waals surface area contributed by atoms with E-state index in [2.05, 4.69) is 0 Å². The van der Waals surface area contributed by atoms with Gasteiger partial charge < -0.3 is 38.7 Å². The molecular formula is C25H32O10. The van der Waals surface area contributed by atoms with Gasteiger partial charge in [0.25, 0.3) is 0 Å². The van der Waals surface area contributed by atoms with Crippen molar-refractivity contribution in [2.75, 3.05) is 7.11 Å². The Labute approximate surface area is 203 Å². The molecule has 1 aromatic heterocycles. The third kappa shape index (κ3) is 4.60. The van der Waals surface area contributed by atoms with Gasteiger partial charge in [0.1, 0.15) is 35.4 Å². The molecule has 0 amide bonds. The van der Waals surface area contributed by atoms with Gasteiger partial charge in [0.15, 0.2) is 11.7 Å². The van der Waals surface area contributed by atoms with Crippen LogP contribution in [0.3, 0.4) is 0 Å². The maximum Gasteiger partial charge on any atom is 0.339 e. The number of methoxy groups -OCH3 is 1. The molecule has 1 aromatic rings. The number of aliphatic hydroxyl groups is 3. The van der Waals surface area contributed by atoms with Gasteiger partial charge in [-0.1, -0.05) is 30.4 Å². The number of ether oxygens (including phenoxy) is 4. The lowest BCUT2D eigenvalue weighted by atomic mass is 9.76. The summed E-state index contributed by atoms with van der Waals surface area (Å²) in [4.78, 5) is 23.4. The van der Waals surface area contributed by atoms with Crippen molar-refractivity contribution in [3.63, 3.8) is 0 Å². The first-order chi connectivity index (χ1) is 16.3. The predicted molar refractivity (Wildman–Crippen MR) is 125 cm³/mol. The molecule has 35 heavy (non-hydrogen) atoms. The fourth-order valence-electron chi connectivity index (χ4n) is 4.64. The van der Waals surface area contributed by atoms with Gasteiger partial charge in [-0.25, -0.2) is 4.79 Å². The van der Waals surface area contributed by atoms with Crippen LogP contribution in [0.4, 0.5) is 0 Å². The molecule has 0 aromatic carbocycles. The number of rotatable bonds is 7. The van der Waals surface area contributed by atoms with Crippen LogP contribution in [0.2, 0.25) is 0 Å². The number of hydrogen-bond donors (Lipinski definition) is 3. The van der Waals surface area contributed by atoms with Crippen molar-refractivity contribution in [3.05, 3.63) is 58.2 Å². The van der Waals surface area contributed by atoms with E-state index in [1.165, 1.54) is 40.9 Å². The van der Waals surface area contributed by atoms with Crippen LogP contribution >= 0.6 is 0 Å². The van der Waals surface area contributed by atoms with Crippen molar-refractivity contribution in [1.29, 1.82) is 0 Å². The fourth-order valence-corrected chi connectivity index (χ4v) is 4.64. The molecule has 7 unspecified atom stereocenters. The van der Waals surface area contributed by atoms with Crippen LogP contribution in [0.5, 0.6) is 5.75 Å². The molecule has 2 aliphatic rings. The second-order valence-corrected chi connectivity index (χ2v) is 9.03. The summed E-state index contributed by atoms with van der Waals surface area (Å²) in [5.41, 5.74) is -3.11. The largest absolute Gasteiger partial charge is 0.496 e. The summed E-state index contributed by atoms with van der Waals surface area (Å²) in [6.45, 7) is 7.22. The Morgan fingerprint density at radius 1 is 1.23 bits per heavy atom. The standard InChI is InChI=1S/C25H32O10/c1-14-17(33-20(28)13-19(14)31-6)11-9-7-8-10-12-18-21(32-16(3)27)23(4)22(29)24(5,34-18)25(30,35-23)15(2)26/h7-13,15,18,21-22,26,29-30H,1-6H3. The van der Waals surface area contributed by atoms with E-state index < -0.39 is 53.0 Å². The molecular weight excluding hydrogens is 460 g/mol. The first-order valence-corrected chi connectivity index (χ1v) is 11.1. The van der Waals surface area contributed by atoms with E-state index in [0.717, 1.165) is 0 Å². The van der Waals surface area contributed by atoms with Crippen LogP contribution in [0.25, 0.3) is 6.08 Å². The van der Waals surface area contributed by atoms with E-state index in [0.29, 0.717) is 17.1 Å². The Bertz CT molecular complexity index is 1100. The first-order valence-electron chi connectivity index (χ1n) is 11.1. The summed E-state index contributed by atoms with van der Waals surface area (Å²) >= 11 is 0. The average Bonchev–Trinajstić information content (AvgIpc) is 2.88. The summed E-state index contributed by atoms with van der Waals surface area (Å²) in [7, 11) is 1.47. The van der Waals surface area contributed by atoms with Gasteiger partial charge in [-0.3, -0.25) is 4.79 Å². The van der Waals surface area contributed by atoms with E-state index in [1.807, 2.05) is 0 Å². The molecule has 0 radical (unpaired) electrons. The Morgan fingerprint density at radius 3 is 2.49 bits per heavy atom. The Morgan fingerprint density at radius 2 is 1.89 bits per heavy atom. The Balaban J connectivity index is 1.84. The lowest BCUT2D eigenvalue weighted by Gasteiger charge is -2.47. The molecule has 3 N–H and O–H groups in total. The van der Waals surface area contributed by atoms with E-state index in [9.17, 15) is 24.9 Å². The molecule has 0 saturated carbocycles. The average molecular weight is 493 g/mol. The molecule has 192 valence electrons. The van der Waals surface area contributed by atoms with Gasteiger partial charge in [0, 0.05) is 12.5 Å². The second-order valence-electron chi connectivity index (χ2n) is 9.03. The van der Waals surface area contributed by atoms with Crippen molar-refractivity contribution in [1.82, 2.24) is 0 Å². The van der Waals surface area contributed by atoms with Crippen molar-refractivity contribution >= 4 is 12.0 Å². The van der Waals surface area contributed by atoms with E-state index in [-0.39, 0.29) is 0 Å². The molecule has 3 heterocycles. The predicted octanol–water partition coefficient (Wildman–Crippen LogP) is 1.39. The van der Waals surface area contributed by atoms with Crippen LogP contribution in [-0.4, -0.2) is 69.8 Å². The normalized spacial score (nSPS) is 35.7.